The number of benzene rings is 1. The Hall–Kier alpha value is -1.89. The maximum atomic E-state index is 12.8. The van der Waals surface area contributed by atoms with E-state index in [1.165, 1.54) is 11.8 Å². The molecule has 1 amide bonds. The molecule has 0 aromatic heterocycles. The highest BCUT2D eigenvalue weighted by molar-refractivity contribution is 6.30. The second kappa shape index (κ2) is 6.93. The first-order valence-corrected chi connectivity index (χ1v) is 9.61. The van der Waals surface area contributed by atoms with Gasteiger partial charge >= 0.3 is 0 Å². The molecule has 0 radical (unpaired) electrons. The largest absolute Gasteiger partial charge is 0.503 e. The van der Waals surface area contributed by atoms with E-state index in [1.807, 2.05) is 0 Å². The van der Waals surface area contributed by atoms with E-state index in [1.54, 1.807) is 24.3 Å². The smallest absolute Gasteiger partial charge is 0.294 e. The predicted octanol–water partition coefficient (Wildman–Crippen LogP) is 3.39. The van der Waals surface area contributed by atoms with Gasteiger partial charge < -0.3 is 14.6 Å². The number of halogens is 1. The summed E-state index contributed by atoms with van der Waals surface area (Å²) in [7, 11) is 0. The van der Waals surface area contributed by atoms with Crippen molar-refractivity contribution in [2.75, 3.05) is 18.1 Å². The minimum absolute atomic E-state index is 0.0339. The standard InChI is InChI=1S/C20H22ClNO5/c1-12(23)16-17(13-6-8-20(9-7-13)26-10-11-27-20)22(19(25)18(16)24)15-4-2-14(21)3-5-15/h2-5,13,17,24H,6-11H2,1H3/t17-/m1/s1. The van der Waals surface area contributed by atoms with Gasteiger partial charge in [-0.2, -0.15) is 0 Å². The number of aliphatic hydroxyl groups is 1. The molecule has 27 heavy (non-hydrogen) atoms. The van der Waals surface area contributed by atoms with E-state index in [-0.39, 0.29) is 17.3 Å². The van der Waals surface area contributed by atoms with Crippen molar-refractivity contribution >= 4 is 29.0 Å². The van der Waals surface area contributed by atoms with E-state index in [9.17, 15) is 14.7 Å². The van der Waals surface area contributed by atoms with E-state index in [0.29, 0.717) is 36.8 Å². The van der Waals surface area contributed by atoms with Crippen LogP contribution in [0.3, 0.4) is 0 Å². The number of rotatable bonds is 3. The number of anilines is 1. The van der Waals surface area contributed by atoms with Crippen molar-refractivity contribution in [3.8, 4) is 0 Å². The highest BCUT2D eigenvalue weighted by atomic mass is 35.5. The summed E-state index contributed by atoms with van der Waals surface area (Å²) in [6, 6.07) is 6.36. The second-order valence-corrected chi connectivity index (χ2v) is 7.80. The lowest BCUT2D eigenvalue weighted by Gasteiger charge is -2.40. The SMILES string of the molecule is CC(=O)C1=C(O)C(=O)N(c2ccc(Cl)cc2)[C@@H]1C1CCC2(CC1)OCCO2. The molecule has 4 rings (SSSR count). The lowest BCUT2D eigenvalue weighted by Crippen LogP contribution is -2.46. The Morgan fingerprint density at radius 3 is 2.33 bits per heavy atom. The first kappa shape index (κ1) is 18.5. The summed E-state index contributed by atoms with van der Waals surface area (Å²) in [6.45, 7) is 2.59. The van der Waals surface area contributed by atoms with Crippen molar-refractivity contribution in [1.82, 2.24) is 0 Å². The van der Waals surface area contributed by atoms with Crippen molar-refractivity contribution in [1.29, 1.82) is 0 Å². The predicted molar refractivity (Wildman–Crippen MR) is 99.7 cm³/mol. The highest BCUT2D eigenvalue weighted by Gasteiger charge is 2.49. The molecular formula is C20H22ClNO5. The summed E-state index contributed by atoms with van der Waals surface area (Å²) < 4.78 is 11.6. The van der Waals surface area contributed by atoms with Gasteiger partial charge in [-0.1, -0.05) is 11.6 Å². The monoisotopic (exact) mass is 391 g/mol. The molecule has 1 N–H and O–H groups in total. The Labute approximate surface area is 162 Å². The zero-order chi connectivity index (χ0) is 19.2. The van der Waals surface area contributed by atoms with E-state index >= 15 is 0 Å². The molecule has 2 aliphatic heterocycles. The van der Waals surface area contributed by atoms with Crippen LogP contribution in [0.2, 0.25) is 5.02 Å². The van der Waals surface area contributed by atoms with E-state index < -0.39 is 23.5 Å². The molecule has 144 valence electrons. The number of carbonyl (C=O) groups excluding carboxylic acids is 2. The Bertz CT molecular complexity index is 787. The minimum atomic E-state index is -0.541. The van der Waals surface area contributed by atoms with Gasteiger partial charge in [-0.25, -0.2) is 0 Å². The van der Waals surface area contributed by atoms with Crippen LogP contribution in [0.25, 0.3) is 0 Å². The van der Waals surface area contributed by atoms with Crippen molar-refractivity contribution in [3.05, 3.63) is 40.6 Å². The van der Waals surface area contributed by atoms with E-state index in [4.69, 9.17) is 21.1 Å². The number of amides is 1. The summed E-state index contributed by atoms with van der Waals surface area (Å²) in [6.07, 6.45) is 2.91. The van der Waals surface area contributed by atoms with Crippen molar-refractivity contribution < 1.29 is 24.2 Å². The Kier molecular flexibility index (Phi) is 4.74. The van der Waals surface area contributed by atoms with Crippen LogP contribution < -0.4 is 4.90 Å². The number of hydrogen-bond acceptors (Lipinski definition) is 5. The van der Waals surface area contributed by atoms with Crippen LogP contribution in [-0.4, -0.2) is 41.8 Å². The first-order valence-electron chi connectivity index (χ1n) is 9.23. The number of carbonyl (C=O) groups is 2. The molecule has 1 saturated heterocycles. The summed E-state index contributed by atoms with van der Waals surface area (Å²) in [5.41, 5.74) is 0.815. The molecule has 1 spiro atoms. The fourth-order valence-electron chi connectivity index (χ4n) is 4.51. The molecule has 1 saturated carbocycles. The van der Waals surface area contributed by atoms with Gasteiger partial charge in [0, 0.05) is 23.6 Å². The maximum absolute atomic E-state index is 12.8. The average molecular weight is 392 g/mol. The van der Waals surface area contributed by atoms with Gasteiger partial charge in [-0.15, -0.1) is 0 Å². The van der Waals surface area contributed by atoms with Crippen LogP contribution in [0.5, 0.6) is 0 Å². The number of hydrogen-bond donors (Lipinski definition) is 1. The fraction of sp³-hybridized carbons (Fsp3) is 0.500. The van der Waals surface area contributed by atoms with Crippen LogP contribution in [0.15, 0.2) is 35.6 Å². The number of Topliss-reactive ketones (excluding diaryl/α,β-unsaturated/α-hetero) is 1. The van der Waals surface area contributed by atoms with Gasteiger partial charge in [-0.3, -0.25) is 14.5 Å². The third-order valence-corrected chi connectivity index (χ3v) is 6.04. The number of aliphatic hydroxyl groups excluding tert-OH is 1. The van der Waals surface area contributed by atoms with Gasteiger partial charge in [-0.05, 0) is 49.9 Å². The van der Waals surface area contributed by atoms with Gasteiger partial charge in [0.1, 0.15) is 0 Å². The van der Waals surface area contributed by atoms with Crippen LogP contribution >= 0.6 is 11.6 Å². The van der Waals surface area contributed by atoms with Crippen molar-refractivity contribution in [2.24, 2.45) is 5.92 Å². The van der Waals surface area contributed by atoms with Crippen LogP contribution in [0.1, 0.15) is 32.6 Å². The van der Waals surface area contributed by atoms with Gasteiger partial charge in [0.15, 0.2) is 17.3 Å². The first-order chi connectivity index (χ1) is 12.9. The normalized spacial score (nSPS) is 25.6. The highest BCUT2D eigenvalue weighted by Crippen LogP contribution is 2.45. The Balaban J connectivity index is 1.66. The second-order valence-electron chi connectivity index (χ2n) is 7.36. The summed E-state index contributed by atoms with van der Waals surface area (Å²) in [4.78, 5) is 26.6. The summed E-state index contributed by atoms with van der Waals surface area (Å²) in [5, 5.41) is 11.0. The molecule has 3 aliphatic rings. The number of ketones is 1. The molecule has 0 unspecified atom stereocenters. The van der Waals surface area contributed by atoms with Crippen molar-refractivity contribution in [3.63, 3.8) is 0 Å². The molecule has 7 heteroatoms. The summed E-state index contributed by atoms with van der Waals surface area (Å²) in [5.74, 6) is -1.76. The minimum Gasteiger partial charge on any atom is -0.503 e. The van der Waals surface area contributed by atoms with E-state index in [0.717, 1.165) is 12.8 Å². The molecule has 1 atom stereocenters. The van der Waals surface area contributed by atoms with Gasteiger partial charge in [0.25, 0.3) is 5.91 Å². The molecule has 0 bridgehead atoms. The molecule has 2 heterocycles. The third kappa shape index (κ3) is 3.16. The fourth-order valence-corrected chi connectivity index (χ4v) is 4.63. The lowest BCUT2D eigenvalue weighted by molar-refractivity contribution is -0.182. The van der Waals surface area contributed by atoms with E-state index in [2.05, 4.69) is 0 Å². The van der Waals surface area contributed by atoms with Gasteiger partial charge in [0.05, 0.1) is 24.8 Å². The molecular weight excluding hydrogens is 370 g/mol. The third-order valence-electron chi connectivity index (χ3n) is 5.79. The van der Waals surface area contributed by atoms with Crippen molar-refractivity contribution in [2.45, 2.75) is 44.4 Å². The topological polar surface area (TPSA) is 76.1 Å². The zero-order valence-corrected chi connectivity index (χ0v) is 15.9. The van der Waals surface area contributed by atoms with Crippen LogP contribution in [0, 0.1) is 5.92 Å². The molecule has 2 fully saturated rings. The molecule has 6 nitrogen and oxygen atoms in total. The van der Waals surface area contributed by atoms with Gasteiger partial charge in [0.2, 0.25) is 0 Å². The number of nitrogens with zero attached hydrogens (tertiary/aromatic N) is 1. The quantitative estimate of drug-likeness (QED) is 0.854. The molecule has 1 aromatic rings. The Morgan fingerprint density at radius 2 is 1.78 bits per heavy atom. The van der Waals surface area contributed by atoms with Crippen LogP contribution in [-0.2, 0) is 19.1 Å². The zero-order valence-electron chi connectivity index (χ0n) is 15.1. The number of ether oxygens (including phenoxy) is 2. The van der Waals surface area contributed by atoms with Crippen LogP contribution in [0.4, 0.5) is 5.69 Å². The molecule has 1 aliphatic carbocycles. The molecule has 1 aromatic carbocycles. The lowest BCUT2D eigenvalue weighted by atomic mass is 9.77. The maximum Gasteiger partial charge on any atom is 0.294 e. The Morgan fingerprint density at radius 1 is 1.19 bits per heavy atom. The average Bonchev–Trinajstić information content (AvgIpc) is 3.20. The summed E-state index contributed by atoms with van der Waals surface area (Å²) >= 11 is 5.97.